The van der Waals surface area contributed by atoms with Crippen LogP contribution in [0.3, 0.4) is 0 Å². The molecule has 0 saturated heterocycles. The van der Waals surface area contributed by atoms with E-state index in [1.807, 2.05) is 12.1 Å². The minimum Gasteiger partial charge on any atom is -0.0827 e. The lowest BCUT2D eigenvalue weighted by molar-refractivity contribution is 1.38. The first-order chi connectivity index (χ1) is 16.7. The van der Waals surface area contributed by atoms with E-state index >= 15 is 0 Å². The lowest BCUT2D eigenvalue weighted by atomic mass is 10.0. The Morgan fingerprint density at radius 3 is 1.44 bits per heavy atom. The van der Waals surface area contributed by atoms with Gasteiger partial charge in [0, 0.05) is 0 Å². The van der Waals surface area contributed by atoms with Crippen molar-refractivity contribution in [3.8, 4) is 11.1 Å². The molecule has 0 spiro atoms. The van der Waals surface area contributed by atoms with Crippen LogP contribution in [-0.2, 0) is 6.16 Å². The molecule has 0 amide bonds. The molecule has 166 valence electrons. The molecule has 0 heterocycles. The average Bonchev–Trinajstić information content (AvgIpc) is 2.91. The number of hydrogen-bond donors (Lipinski definition) is 0. The van der Waals surface area contributed by atoms with Gasteiger partial charge in [-0.1, -0.05) is 108 Å². The van der Waals surface area contributed by atoms with Crippen molar-refractivity contribution in [1.29, 1.82) is 0 Å². The van der Waals surface area contributed by atoms with Crippen LogP contribution < -0.4 is 15.9 Å². The predicted molar refractivity (Wildman–Crippen MR) is 151 cm³/mol. The van der Waals surface area contributed by atoms with E-state index in [2.05, 4.69) is 121 Å². The van der Waals surface area contributed by atoms with Crippen molar-refractivity contribution in [2.75, 3.05) is 0 Å². The summed E-state index contributed by atoms with van der Waals surface area (Å²) in [6.45, 7) is 0. The second-order valence-corrected chi connectivity index (χ2v) is 12.6. The largest absolute Gasteiger partial charge is 0.116 e. The van der Waals surface area contributed by atoms with Crippen LogP contribution in [0.5, 0.6) is 0 Å². The molecule has 3 heteroatoms. The van der Waals surface area contributed by atoms with Gasteiger partial charge in [-0.25, -0.2) is 0 Å². The van der Waals surface area contributed by atoms with Gasteiger partial charge in [-0.3, -0.25) is 0 Å². The van der Waals surface area contributed by atoms with Crippen LogP contribution in [0.2, 0.25) is 10.0 Å². The zero-order valence-corrected chi connectivity index (χ0v) is 21.0. The van der Waals surface area contributed by atoms with Crippen molar-refractivity contribution < 1.29 is 0 Å². The Bertz CT molecular complexity index is 1290. The molecule has 0 fully saturated rings. The average molecular weight is 498 g/mol. The predicted octanol–water partition coefficient (Wildman–Crippen LogP) is 8.15. The minimum absolute atomic E-state index is 0.572. The summed E-state index contributed by atoms with van der Waals surface area (Å²) in [6, 6.07) is 47.5. The third kappa shape index (κ3) is 4.42. The molecule has 5 aromatic carbocycles. The normalized spacial score (nSPS) is 11.4. The molecule has 5 aromatic rings. The minimum atomic E-state index is -2.00. The Hall–Kier alpha value is -2.89. The SMILES string of the molecule is Clc1ccc(-c2ccccc2C[P+](c2ccccc2)(c2ccccc2)c2ccccc2)cc1Cl. The van der Waals surface area contributed by atoms with Gasteiger partial charge < -0.3 is 0 Å². The maximum Gasteiger partial charge on any atom is 0.116 e. The molecule has 0 aliphatic rings. The van der Waals surface area contributed by atoms with Gasteiger partial charge >= 0.3 is 0 Å². The Morgan fingerprint density at radius 1 is 0.471 bits per heavy atom. The van der Waals surface area contributed by atoms with E-state index in [0.717, 1.165) is 11.7 Å². The Labute approximate surface area is 212 Å². The highest BCUT2D eigenvalue weighted by Crippen LogP contribution is 2.58. The summed E-state index contributed by atoms with van der Waals surface area (Å²) in [5.74, 6) is 0. The van der Waals surface area contributed by atoms with Gasteiger partial charge in [0.25, 0.3) is 0 Å². The van der Waals surface area contributed by atoms with Crippen LogP contribution in [-0.4, -0.2) is 0 Å². The zero-order chi connectivity index (χ0) is 23.4. The zero-order valence-electron chi connectivity index (χ0n) is 18.6. The first kappa shape index (κ1) is 22.9. The van der Waals surface area contributed by atoms with E-state index in [1.54, 1.807) is 0 Å². The molecule has 5 rings (SSSR count). The fraction of sp³-hybridized carbons (Fsp3) is 0.0323. The molecule has 0 aromatic heterocycles. The van der Waals surface area contributed by atoms with E-state index < -0.39 is 7.26 Å². The van der Waals surface area contributed by atoms with Crippen molar-refractivity contribution in [3.63, 3.8) is 0 Å². The van der Waals surface area contributed by atoms with Crippen molar-refractivity contribution in [3.05, 3.63) is 149 Å². The van der Waals surface area contributed by atoms with Gasteiger partial charge in [-0.05, 0) is 65.2 Å². The highest BCUT2D eigenvalue weighted by atomic mass is 35.5. The summed E-state index contributed by atoms with van der Waals surface area (Å²) >= 11 is 12.6. The van der Waals surface area contributed by atoms with E-state index in [4.69, 9.17) is 23.2 Å². The summed E-state index contributed by atoms with van der Waals surface area (Å²) in [5, 5.41) is 5.26. The van der Waals surface area contributed by atoms with Crippen LogP contribution in [0.4, 0.5) is 0 Å². The Balaban J connectivity index is 1.76. The maximum atomic E-state index is 6.41. The van der Waals surface area contributed by atoms with Crippen molar-refractivity contribution in [2.45, 2.75) is 6.16 Å². The smallest absolute Gasteiger partial charge is 0.0827 e. The third-order valence-electron chi connectivity index (χ3n) is 6.25. The molecule has 34 heavy (non-hydrogen) atoms. The van der Waals surface area contributed by atoms with Gasteiger partial charge in [-0.2, -0.15) is 0 Å². The Morgan fingerprint density at radius 2 is 0.941 bits per heavy atom. The molecule has 0 aliphatic carbocycles. The number of halogens is 2. The lowest BCUT2D eigenvalue weighted by Crippen LogP contribution is -2.32. The molecule has 0 atom stereocenters. The van der Waals surface area contributed by atoms with Gasteiger partial charge in [0.2, 0.25) is 0 Å². The molecule has 0 nitrogen and oxygen atoms in total. The molecule has 0 N–H and O–H groups in total. The number of benzene rings is 5. The van der Waals surface area contributed by atoms with Gasteiger partial charge in [-0.15, -0.1) is 0 Å². The first-order valence-electron chi connectivity index (χ1n) is 11.3. The lowest BCUT2D eigenvalue weighted by Gasteiger charge is -2.28. The topological polar surface area (TPSA) is 0 Å². The highest BCUT2D eigenvalue weighted by molar-refractivity contribution is 7.95. The molecule has 0 unspecified atom stereocenters. The number of hydrogen-bond acceptors (Lipinski definition) is 0. The van der Waals surface area contributed by atoms with E-state index in [-0.39, 0.29) is 0 Å². The van der Waals surface area contributed by atoms with Crippen molar-refractivity contribution >= 4 is 46.4 Å². The maximum absolute atomic E-state index is 6.41. The van der Waals surface area contributed by atoms with Crippen LogP contribution in [0.15, 0.2) is 133 Å². The molecule has 0 saturated carbocycles. The molecule has 0 bridgehead atoms. The van der Waals surface area contributed by atoms with E-state index in [9.17, 15) is 0 Å². The summed E-state index contributed by atoms with van der Waals surface area (Å²) in [7, 11) is -2.00. The summed E-state index contributed by atoms with van der Waals surface area (Å²) in [5.41, 5.74) is 3.57. The second kappa shape index (κ2) is 10.2. The van der Waals surface area contributed by atoms with Crippen molar-refractivity contribution in [2.24, 2.45) is 0 Å². The quantitative estimate of drug-likeness (QED) is 0.207. The summed E-state index contributed by atoms with van der Waals surface area (Å²) < 4.78 is 0. The van der Waals surface area contributed by atoms with Crippen LogP contribution >= 0.6 is 30.5 Å². The first-order valence-corrected chi connectivity index (χ1v) is 14.0. The van der Waals surface area contributed by atoms with Crippen LogP contribution in [0, 0.1) is 0 Å². The van der Waals surface area contributed by atoms with E-state index in [1.165, 1.54) is 27.0 Å². The van der Waals surface area contributed by atoms with Gasteiger partial charge in [0.15, 0.2) is 0 Å². The number of rotatable bonds is 6. The Kier molecular flexibility index (Phi) is 6.84. The molecular weight excluding hydrogens is 474 g/mol. The van der Waals surface area contributed by atoms with E-state index in [0.29, 0.717) is 10.0 Å². The summed E-state index contributed by atoms with van der Waals surface area (Å²) in [6.07, 6.45) is 0.904. The molecular formula is C31H24Cl2P+. The fourth-order valence-corrected chi connectivity index (χ4v) is 9.20. The van der Waals surface area contributed by atoms with Crippen LogP contribution in [0.25, 0.3) is 11.1 Å². The fourth-order valence-electron chi connectivity index (χ4n) is 4.63. The van der Waals surface area contributed by atoms with Crippen molar-refractivity contribution in [1.82, 2.24) is 0 Å². The highest BCUT2D eigenvalue weighted by Gasteiger charge is 2.45. The molecule has 0 aliphatic heterocycles. The monoisotopic (exact) mass is 497 g/mol. The van der Waals surface area contributed by atoms with Gasteiger partial charge in [0.1, 0.15) is 23.2 Å². The van der Waals surface area contributed by atoms with Gasteiger partial charge in [0.05, 0.1) is 16.2 Å². The third-order valence-corrected chi connectivity index (χ3v) is 11.3. The summed E-state index contributed by atoms with van der Waals surface area (Å²) in [4.78, 5) is 0. The molecule has 0 radical (unpaired) electrons. The second-order valence-electron chi connectivity index (χ2n) is 8.26. The standard InChI is InChI=1S/C31H24Cl2P/c32-30-21-20-24(22-31(30)33)29-19-11-10-12-25(29)23-34(26-13-4-1-5-14-26,27-15-6-2-7-16-27)28-17-8-3-9-18-28/h1-22H,23H2/q+1. The van der Waals surface area contributed by atoms with Crippen LogP contribution in [0.1, 0.15) is 5.56 Å².